The highest BCUT2D eigenvalue weighted by atomic mass is 32.2. The van der Waals surface area contributed by atoms with Crippen LogP contribution in [-0.4, -0.2) is 53.6 Å². The van der Waals surface area contributed by atoms with Gasteiger partial charge in [-0.05, 0) is 26.0 Å². The second-order valence-corrected chi connectivity index (χ2v) is 6.63. The van der Waals surface area contributed by atoms with E-state index < -0.39 is 0 Å². The minimum absolute atomic E-state index is 0.00963. The van der Waals surface area contributed by atoms with E-state index in [0.29, 0.717) is 19.5 Å². The third kappa shape index (κ3) is 5.02. The first kappa shape index (κ1) is 16.3. The Morgan fingerprint density at radius 1 is 1.38 bits per heavy atom. The number of morpholine rings is 1. The summed E-state index contributed by atoms with van der Waals surface area (Å²) in [5.41, 5.74) is 1.24. The van der Waals surface area contributed by atoms with E-state index in [2.05, 4.69) is 31.2 Å². The molecule has 1 saturated heterocycles. The van der Waals surface area contributed by atoms with Crippen LogP contribution in [0.25, 0.3) is 0 Å². The maximum atomic E-state index is 12.2. The monoisotopic (exact) mass is 309 g/mol. The molecule has 1 aromatic carbocycles. The van der Waals surface area contributed by atoms with Gasteiger partial charge in [0.05, 0.1) is 18.8 Å². The average molecular weight is 309 g/mol. The van der Waals surface area contributed by atoms with Gasteiger partial charge in [-0.15, -0.1) is 11.8 Å². The molecule has 1 amide bonds. The topological polar surface area (TPSA) is 49.8 Å². The zero-order valence-electron chi connectivity index (χ0n) is 12.6. The van der Waals surface area contributed by atoms with Gasteiger partial charge in [-0.2, -0.15) is 0 Å². The maximum absolute atomic E-state index is 12.2. The van der Waals surface area contributed by atoms with Gasteiger partial charge in [-0.25, -0.2) is 0 Å². The lowest BCUT2D eigenvalue weighted by molar-refractivity contribution is -0.146. The van der Waals surface area contributed by atoms with Crippen molar-refractivity contribution >= 4 is 17.7 Å². The SMILES string of the molecule is Cc1ccc(SCCC(=O)N2CC(C)OC(CO)C2)cc1. The fourth-order valence-corrected chi connectivity index (χ4v) is 3.24. The van der Waals surface area contributed by atoms with Gasteiger partial charge in [0.1, 0.15) is 0 Å². The first-order valence-corrected chi connectivity index (χ1v) is 8.30. The summed E-state index contributed by atoms with van der Waals surface area (Å²) in [5.74, 6) is 0.917. The van der Waals surface area contributed by atoms with Crippen LogP contribution in [0.4, 0.5) is 0 Å². The summed E-state index contributed by atoms with van der Waals surface area (Å²) in [7, 11) is 0. The zero-order chi connectivity index (χ0) is 15.2. The number of benzene rings is 1. The van der Waals surface area contributed by atoms with Crippen LogP contribution >= 0.6 is 11.8 Å². The number of nitrogens with zero attached hydrogens (tertiary/aromatic N) is 1. The number of aliphatic hydroxyl groups is 1. The molecule has 1 heterocycles. The van der Waals surface area contributed by atoms with Gasteiger partial charge in [-0.3, -0.25) is 4.79 Å². The molecule has 0 bridgehead atoms. The highest BCUT2D eigenvalue weighted by Crippen LogP contribution is 2.20. The minimum Gasteiger partial charge on any atom is -0.394 e. The van der Waals surface area contributed by atoms with Crippen molar-refractivity contribution < 1.29 is 14.6 Å². The summed E-state index contributed by atoms with van der Waals surface area (Å²) in [4.78, 5) is 15.2. The predicted octanol–water partition coefficient (Wildman–Crippen LogP) is 2.09. The molecule has 2 atom stereocenters. The molecule has 5 heteroatoms. The van der Waals surface area contributed by atoms with Crippen LogP contribution in [0, 0.1) is 6.92 Å². The fraction of sp³-hybridized carbons (Fsp3) is 0.562. The maximum Gasteiger partial charge on any atom is 0.223 e. The smallest absolute Gasteiger partial charge is 0.223 e. The van der Waals surface area contributed by atoms with Gasteiger partial charge in [0.15, 0.2) is 0 Å². The van der Waals surface area contributed by atoms with Crippen LogP contribution in [0.2, 0.25) is 0 Å². The molecule has 21 heavy (non-hydrogen) atoms. The number of carbonyl (C=O) groups is 1. The molecule has 2 rings (SSSR count). The van der Waals surface area contributed by atoms with Crippen molar-refractivity contribution in [2.75, 3.05) is 25.4 Å². The third-order valence-electron chi connectivity index (χ3n) is 3.49. The number of thioether (sulfide) groups is 1. The first-order chi connectivity index (χ1) is 10.1. The summed E-state index contributed by atoms with van der Waals surface area (Å²) in [6.07, 6.45) is 0.260. The fourth-order valence-electron chi connectivity index (χ4n) is 2.40. The Hall–Kier alpha value is -1.04. The Morgan fingerprint density at radius 3 is 2.76 bits per heavy atom. The Labute approximate surface area is 130 Å². The number of amides is 1. The molecule has 116 valence electrons. The normalized spacial score (nSPS) is 22.3. The van der Waals surface area contributed by atoms with Crippen molar-refractivity contribution in [3.05, 3.63) is 29.8 Å². The van der Waals surface area contributed by atoms with Gasteiger partial charge in [0, 0.05) is 30.2 Å². The van der Waals surface area contributed by atoms with E-state index in [1.807, 2.05) is 11.8 Å². The highest BCUT2D eigenvalue weighted by molar-refractivity contribution is 7.99. The third-order valence-corrected chi connectivity index (χ3v) is 4.50. The molecule has 1 aliphatic heterocycles. The van der Waals surface area contributed by atoms with Gasteiger partial charge >= 0.3 is 0 Å². The van der Waals surface area contributed by atoms with Crippen molar-refractivity contribution in [3.8, 4) is 0 Å². The quantitative estimate of drug-likeness (QED) is 0.846. The lowest BCUT2D eigenvalue weighted by Gasteiger charge is -2.36. The van der Waals surface area contributed by atoms with Crippen molar-refractivity contribution in [2.45, 2.75) is 37.4 Å². The number of hydrogen-bond donors (Lipinski definition) is 1. The van der Waals surface area contributed by atoms with Gasteiger partial charge in [0.2, 0.25) is 5.91 Å². The second kappa shape index (κ2) is 7.82. The predicted molar refractivity (Wildman–Crippen MR) is 84.5 cm³/mol. The minimum atomic E-state index is -0.248. The number of aliphatic hydroxyl groups excluding tert-OH is 1. The van der Waals surface area contributed by atoms with Crippen LogP contribution < -0.4 is 0 Å². The summed E-state index contributed by atoms with van der Waals surface area (Å²) in [6.45, 7) is 5.07. The number of aryl methyl sites for hydroxylation is 1. The number of hydrogen-bond acceptors (Lipinski definition) is 4. The Morgan fingerprint density at radius 2 is 2.10 bits per heavy atom. The van der Waals surface area contributed by atoms with E-state index in [9.17, 15) is 9.90 Å². The van der Waals surface area contributed by atoms with Crippen LogP contribution in [0.3, 0.4) is 0 Å². The van der Waals surface area contributed by atoms with Crippen molar-refractivity contribution in [1.29, 1.82) is 0 Å². The van der Waals surface area contributed by atoms with E-state index in [1.54, 1.807) is 11.8 Å². The van der Waals surface area contributed by atoms with Crippen LogP contribution in [-0.2, 0) is 9.53 Å². The molecule has 4 nitrogen and oxygen atoms in total. The van der Waals surface area contributed by atoms with E-state index in [0.717, 1.165) is 5.75 Å². The average Bonchev–Trinajstić information content (AvgIpc) is 2.48. The largest absolute Gasteiger partial charge is 0.394 e. The molecule has 2 unspecified atom stereocenters. The van der Waals surface area contributed by atoms with Crippen LogP contribution in [0.5, 0.6) is 0 Å². The molecule has 1 aromatic rings. The summed E-state index contributed by atoms with van der Waals surface area (Å²) >= 11 is 1.70. The van der Waals surface area contributed by atoms with Crippen molar-refractivity contribution in [1.82, 2.24) is 4.90 Å². The van der Waals surface area contributed by atoms with Gasteiger partial charge < -0.3 is 14.7 Å². The summed E-state index contributed by atoms with van der Waals surface area (Å²) < 4.78 is 5.55. The highest BCUT2D eigenvalue weighted by Gasteiger charge is 2.27. The molecule has 0 aromatic heterocycles. The standard InChI is InChI=1S/C16H23NO3S/c1-12-3-5-15(6-4-12)21-8-7-16(19)17-9-13(2)20-14(10-17)11-18/h3-6,13-14,18H,7-11H2,1-2H3. The molecule has 0 saturated carbocycles. The molecule has 0 radical (unpaired) electrons. The molecular weight excluding hydrogens is 286 g/mol. The van der Waals surface area contributed by atoms with E-state index in [-0.39, 0.29) is 24.7 Å². The molecule has 1 fully saturated rings. The van der Waals surface area contributed by atoms with E-state index in [4.69, 9.17) is 4.74 Å². The number of ether oxygens (including phenoxy) is 1. The molecule has 0 spiro atoms. The molecule has 0 aliphatic carbocycles. The molecular formula is C16H23NO3S. The Bertz CT molecular complexity index is 463. The van der Waals surface area contributed by atoms with E-state index in [1.165, 1.54) is 10.5 Å². The van der Waals surface area contributed by atoms with Crippen molar-refractivity contribution in [2.24, 2.45) is 0 Å². The number of rotatable bonds is 5. The van der Waals surface area contributed by atoms with E-state index >= 15 is 0 Å². The Balaban J connectivity index is 1.77. The first-order valence-electron chi connectivity index (χ1n) is 7.32. The van der Waals surface area contributed by atoms with Gasteiger partial charge in [0.25, 0.3) is 0 Å². The second-order valence-electron chi connectivity index (χ2n) is 5.46. The lowest BCUT2D eigenvalue weighted by Crippen LogP contribution is -2.50. The summed E-state index contributed by atoms with van der Waals surface area (Å²) in [6, 6.07) is 8.34. The van der Waals surface area contributed by atoms with Crippen molar-refractivity contribution in [3.63, 3.8) is 0 Å². The lowest BCUT2D eigenvalue weighted by atomic mass is 10.2. The molecule has 1 N–H and O–H groups in total. The number of carbonyl (C=O) groups excluding carboxylic acids is 1. The van der Waals surface area contributed by atoms with Crippen LogP contribution in [0.1, 0.15) is 18.9 Å². The zero-order valence-corrected chi connectivity index (χ0v) is 13.4. The van der Waals surface area contributed by atoms with Gasteiger partial charge in [-0.1, -0.05) is 17.7 Å². The van der Waals surface area contributed by atoms with Crippen LogP contribution in [0.15, 0.2) is 29.2 Å². The molecule has 1 aliphatic rings. The Kier molecular flexibility index (Phi) is 6.08. The summed E-state index contributed by atoms with van der Waals surface area (Å²) in [5, 5.41) is 9.19.